The van der Waals surface area contributed by atoms with Crippen molar-refractivity contribution in [2.24, 2.45) is 0 Å². The summed E-state index contributed by atoms with van der Waals surface area (Å²) in [7, 11) is 0. The van der Waals surface area contributed by atoms with E-state index in [4.69, 9.17) is 5.41 Å². The monoisotopic (exact) mass is 330 g/mol. The molecule has 0 aliphatic carbocycles. The number of benzene rings is 2. The molecule has 0 spiro atoms. The molecule has 0 atom stereocenters. The number of hydrogen-bond acceptors (Lipinski definition) is 2. The van der Waals surface area contributed by atoms with Crippen molar-refractivity contribution in [3.8, 4) is 11.1 Å². The highest BCUT2D eigenvalue weighted by Crippen LogP contribution is 2.30. The van der Waals surface area contributed by atoms with Crippen LogP contribution in [0.1, 0.15) is 23.6 Å². The topological polar surface area (TPSA) is 35.9 Å². The zero-order valence-corrected chi connectivity index (χ0v) is 15.3. The van der Waals surface area contributed by atoms with E-state index >= 15 is 0 Å². The third kappa shape index (κ3) is 5.05. The highest BCUT2D eigenvalue weighted by atomic mass is 14.9. The molecular weight excluding hydrogens is 304 g/mol. The maximum Gasteiger partial charge on any atom is 0.0360 e. The zero-order valence-electron chi connectivity index (χ0n) is 15.3. The summed E-state index contributed by atoms with van der Waals surface area (Å²) in [6.45, 7) is 11.3. The molecule has 0 heterocycles. The van der Waals surface area contributed by atoms with E-state index < -0.39 is 0 Å². The Hall–Kier alpha value is -2.87. The quantitative estimate of drug-likeness (QED) is 0.497. The van der Waals surface area contributed by atoms with Crippen molar-refractivity contribution in [2.75, 3.05) is 6.54 Å². The van der Waals surface area contributed by atoms with Crippen LogP contribution < -0.4 is 5.32 Å². The van der Waals surface area contributed by atoms with Crippen molar-refractivity contribution in [3.63, 3.8) is 0 Å². The van der Waals surface area contributed by atoms with Crippen molar-refractivity contribution in [3.05, 3.63) is 89.5 Å². The second-order valence-electron chi connectivity index (χ2n) is 6.26. The first-order chi connectivity index (χ1) is 12.0. The first kappa shape index (κ1) is 18.5. The van der Waals surface area contributed by atoms with Gasteiger partial charge in [0, 0.05) is 24.0 Å². The molecule has 2 N–H and O–H groups in total. The number of rotatable bonds is 7. The molecule has 2 aromatic carbocycles. The van der Waals surface area contributed by atoms with Crippen molar-refractivity contribution >= 4 is 11.9 Å². The van der Waals surface area contributed by atoms with Crippen LogP contribution in [0.2, 0.25) is 0 Å². The van der Waals surface area contributed by atoms with Crippen LogP contribution in [0.4, 0.5) is 0 Å². The molecule has 0 bridgehead atoms. The lowest BCUT2D eigenvalue weighted by molar-refractivity contribution is 0.956. The lowest BCUT2D eigenvalue weighted by Gasteiger charge is -2.17. The first-order valence-corrected chi connectivity index (χ1v) is 8.45. The van der Waals surface area contributed by atoms with Crippen LogP contribution in [-0.2, 0) is 0 Å². The highest BCUT2D eigenvalue weighted by Gasteiger charge is 2.11. The van der Waals surface area contributed by atoms with Gasteiger partial charge in [0.05, 0.1) is 0 Å². The van der Waals surface area contributed by atoms with Gasteiger partial charge in [-0.15, -0.1) is 0 Å². The molecule has 0 amide bonds. The molecule has 0 unspecified atom stereocenters. The minimum Gasteiger partial charge on any atom is -0.381 e. The van der Waals surface area contributed by atoms with Gasteiger partial charge in [0.15, 0.2) is 0 Å². The van der Waals surface area contributed by atoms with Crippen LogP contribution in [-0.4, -0.2) is 12.8 Å². The molecule has 0 saturated heterocycles. The summed E-state index contributed by atoms with van der Waals surface area (Å²) in [5.41, 5.74) is 8.15. The van der Waals surface area contributed by atoms with E-state index in [1.54, 1.807) is 6.08 Å². The molecule has 0 saturated carbocycles. The second kappa shape index (κ2) is 8.84. The molecule has 0 fully saturated rings. The first-order valence-electron chi connectivity index (χ1n) is 8.45. The molecule has 0 aromatic heterocycles. The third-order valence-corrected chi connectivity index (χ3v) is 4.07. The Morgan fingerprint density at radius 3 is 2.60 bits per heavy atom. The molecule has 2 heteroatoms. The fourth-order valence-electron chi connectivity index (χ4n) is 2.79. The summed E-state index contributed by atoms with van der Waals surface area (Å²) < 4.78 is 0. The molecular formula is C23H26N2. The van der Waals surface area contributed by atoms with Crippen LogP contribution in [0.15, 0.2) is 72.8 Å². The summed E-state index contributed by atoms with van der Waals surface area (Å²) in [6.07, 6.45) is 6.86. The second-order valence-corrected chi connectivity index (χ2v) is 6.26. The lowest BCUT2D eigenvalue weighted by Crippen LogP contribution is -2.15. The Balaban J connectivity index is 2.26. The summed E-state index contributed by atoms with van der Waals surface area (Å²) in [6, 6.07) is 14.9. The smallest absolute Gasteiger partial charge is 0.0360 e. The van der Waals surface area contributed by atoms with Crippen LogP contribution in [0.3, 0.4) is 0 Å². The minimum atomic E-state index is 0.725. The summed E-state index contributed by atoms with van der Waals surface area (Å²) in [5, 5.41) is 10.4. The van der Waals surface area contributed by atoms with Gasteiger partial charge in [-0.05, 0) is 43.5 Å². The van der Waals surface area contributed by atoms with Gasteiger partial charge >= 0.3 is 0 Å². The maximum atomic E-state index is 7.00. The molecule has 25 heavy (non-hydrogen) atoms. The van der Waals surface area contributed by atoms with Crippen molar-refractivity contribution in [1.82, 2.24) is 5.32 Å². The minimum absolute atomic E-state index is 0.725. The van der Waals surface area contributed by atoms with Crippen LogP contribution in [0, 0.1) is 19.3 Å². The molecule has 2 aromatic rings. The van der Waals surface area contributed by atoms with E-state index in [1.165, 1.54) is 34.0 Å². The molecule has 128 valence electrons. The van der Waals surface area contributed by atoms with E-state index in [2.05, 4.69) is 75.1 Å². The maximum absolute atomic E-state index is 7.00. The van der Waals surface area contributed by atoms with Gasteiger partial charge in [0.25, 0.3) is 0 Å². The predicted molar refractivity (Wildman–Crippen MR) is 110 cm³/mol. The fourth-order valence-corrected chi connectivity index (χ4v) is 2.79. The van der Waals surface area contributed by atoms with E-state index in [0.717, 1.165) is 17.8 Å². The Kier molecular flexibility index (Phi) is 6.53. The van der Waals surface area contributed by atoms with Gasteiger partial charge in [-0.25, -0.2) is 0 Å². The molecule has 0 radical (unpaired) electrons. The van der Waals surface area contributed by atoms with E-state index in [9.17, 15) is 0 Å². The zero-order chi connectivity index (χ0) is 18.2. The third-order valence-electron chi connectivity index (χ3n) is 4.07. The van der Waals surface area contributed by atoms with Crippen molar-refractivity contribution in [1.29, 1.82) is 5.41 Å². The van der Waals surface area contributed by atoms with Gasteiger partial charge in [-0.3, -0.25) is 0 Å². The summed E-state index contributed by atoms with van der Waals surface area (Å²) >= 11 is 0. The molecule has 0 aliphatic rings. The van der Waals surface area contributed by atoms with Crippen molar-refractivity contribution < 1.29 is 0 Å². The Bertz CT molecular complexity index is 826. The van der Waals surface area contributed by atoms with Crippen LogP contribution >= 0.6 is 0 Å². The van der Waals surface area contributed by atoms with E-state index in [0.29, 0.717) is 0 Å². The highest BCUT2D eigenvalue weighted by molar-refractivity contribution is 5.82. The Morgan fingerprint density at radius 1 is 1.12 bits per heavy atom. The number of aryl methyl sites for hydroxylation is 2. The molecule has 2 rings (SSSR count). The largest absolute Gasteiger partial charge is 0.381 e. The molecule has 2 nitrogen and oxygen atoms in total. The SMILES string of the molecule is C=C(NC/C(C)=C/C=C\C=N)c1c(C)cccc1-c1cccc(C)c1. The van der Waals surface area contributed by atoms with Gasteiger partial charge in [0.1, 0.15) is 0 Å². The number of nitrogens with one attached hydrogen (secondary N) is 2. The van der Waals surface area contributed by atoms with Crippen LogP contribution in [0.25, 0.3) is 16.8 Å². The summed E-state index contributed by atoms with van der Waals surface area (Å²) in [4.78, 5) is 0. The Labute approximate surface area is 151 Å². The van der Waals surface area contributed by atoms with E-state index in [1.807, 2.05) is 12.2 Å². The van der Waals surface area contributed by atoms with Gasteiger partial charge in [-0.1, -0.05) is 72.3 Å². The van der Waals surface area contributed by atoms with Gasteiger partial charge in [-0.2, -0.15) is 0 Å². The summed E-state index contributed by atoms with van der Waals surface area (Å²) in [5.74, 6) is 0. The molecule has 0 aliphatic heterocycles. The normalized spacial score (nSPS) is 11.6. The number of hydrogen-bond donors (Lipinski definition) is 2. The average Bonchev–Trinajstić information content (AvgIpc) is 2.59. The predicted octanol–water partition coefficient (Wildman–Crippen LogP) is 5.68. The van der Waals surface area contributed by atoms with Crippen molar-refractivity contribution in [2.45, 2.75) is 20.8 Å². The van der Waals surface area contributed by atoms with Gasteiger partial charge < -0.3 is 10.7 Å². The van der Waals surface area contributed by atoms with Crippen LogP contribution in [0.5, 0.6) is 0 Å². The van der Waals surface area contributed by atoms with E-state index in [-0.39, 0.29) is 0 Å². The standard InChI is InChI=1S/C23H26N2/c1-17-10-7-12-21(15-17)22-13-8-11-19(3)23(22)20(4)25-16-18(2)9-5-6-14-24/h5-15,24-25H,4,16H2,1-3H3/b6-5-,18-9+,24-14?. The number of allylic oxidation sites excluding steroid dienone is 3. The fraction of sp³-hybridized carbons (Fsp3) is 0.174. The van der Waals surface area contributed by atoms with Gasteiger partial charge in [0.2, 0.25) is 0 Å². The average molecular weight is 330 g/mol. The Morgan fingerprint density at radius 2 is 1.88 bits per heavy atom. The lowest BCUT2D eigenvalue weighted by atomic mass is 9.93.